The van der Waals surface area contributed by atoms with Crippen molar-refractivity contribution in [2.24, 2.45) is 10.9 Å². The molecule has 0 saturated carbocycles. The van der Waals surface area contributed by atoms with Gasteiger partial charge in [0.15, 0.2) is 0 Å². The van der Waals surface area contributed by atoms with E-state index in [0.717, 1.165) is 30.2 Å². The van der Waals surface area contributed by atoms with Gasteiger partial charge in [-0.25, -0.2) is 0 Å². The Hall–Kier alpha value is -2.43. The van der Waals surface area contributed by atoms with Crippen molar-refractivity contribution < 1.29 is 4.79 Å². The molecule has 0 spiro atoms. The number of carbonyl (C=O) groups excluding carboxylic acids is 1. The highest BCUT2D eigenvalue weighted by molar-refractivity contribution is 5.79. The van der Waals surface area contributed by atoms with Crippen molar-refractivity contribution in [1.82, 2.24) is 14.8 Å². The first-order valence-corrected chi connectivity index (χ1v) is 10.7. The third-order valence-corrected chi connectivity index (χ3v) is 5.15. The second kappa shape index (κ2) is 11.5. The number of aromatic nitrogens is 1. The van der Waals surface area contributed by atoms with Gasteiger partial charge in [-0.15, -0.1) is 0 Å². The summed E-state index contributed by atoms with van der Waals surface area (Å²) in [6, 6.07) is 2.21. The summed E-state index contributed by atoms with van der Waals surface area (Å²) in [5.41, 5.74) is 5.41. The molecule has 1 aromatic rings. The molecule has 1 aromatic heterocycles. The third-order valence-electron chi connectivity index (χ3n) is 5.15. The first-order chi connectivity index (χ1) is 13.9. The molecule has 0 aliphatic carbocycles. The lowest BCUT2D eigenvalue weighted by molar-refractivity contribution is -0.135. The number of rotatable bonds is 5. The molecule has 0 radical (unpaired) electrons. The Morgan fingerprint density at radius 1 is 1.28 bits per heavy atom. The van der Waals surface area contributed by atoms with Crippen LogP contribution in [0.4, 0.5) is 0 Å². The van der Waals surface area contributed by atoms with Gasteiger partial charge in [0.2, 0.25) is 5.91 Å². The van der Waals surface area contributed by atoms with Crippen LogP contribution in [0.1, 0.15) is 69.6 Å². The molecule has 160 valence electrons. The van der Waals surface area contributed by atoms with Crippen molar-refractivity contribution in [3.8, 4) is 0 Å². The van der Waals surface area contributed by atoms with Gasteiger partial charge in [-0.05, 0) is 32.4 Å². The number of carbonyl (C=O) groups is 1. The molecular weight excluding hydrogens is 360 g/mol. The number of pyridine rings is 1. The normalized spacial score (nSPS) is 17.6. The minimum atomic E-state index is 0.112. The summed E-state index contributed by atoms with van der Waals surface area (Å²) in [5.74, 6) is 0.602. The molecule has 0 bridgehead atoms. The molecule has 0 N–H and O–H groups in total. The Morgan fingerprint density at radius 2 is 1.90 bits per heavy atom. The minimum Gasteiger partial charge on any atom is -0.370 e. The highest BCUT2D eigenvalue weighted by Crippen LogP contribution is 2.36. The molecule has 1 amide bonds. The van der Waals surface area contributed by atoms with Crippen LogP contribution in [0.25, 0.3) is 0 Å². The van der Waals surface area contributed by atoms with E-state index in [4.69, 9.17) is 0 Å². The van der Waals surface area contributed by atoms with E-state index in [1.54, 1.807) is 6.21 Å². The zero-order chi connectivity index (χ0) is 22.1. The van der Waals surface area contributed by atoms with Gasteiger partial charge < -0.3 is 9.80 Å². The van der Waals surface area contributed by atoms with Crippen LogP contribution in [0, 0.1) is 19.8 Å². The first kappa shape index (κ1) is 24.6. The van der Waals surface area contributed by atoms with Crippen LogP contribution in [-0.4, -0.2) is 40.0 Å². The molecule has 1 fully saturated rings. The van der Waals surface area contributed by atoms with Crippen molar-refractivity contribution in [2.75, 3.05) is 13.1 Å². The number of fused-ring (bicyclic) bond motifs is 1. The Bertz CT molecular complexity index is 747. The Labute approximate surface area is 177 Å². The van der Waals surface area contributed by atoms with E-state index < -0.39 is 0 Å². The van der Waals surface area contributed by atoms with Gasteiger partial charge in [-0.2, -0.15) is 0 Å². The maximum absolute atomic E-state index is 12.8. The largest absolute Gasteiger partial charge is 0.370 e. The molecule has 1 unspecified atom stereocenters. The van der Waals surface area contributed by atoms with E-state index in [2.05, 4.69) is 47.9 Å². The quantitative estimate of drug-likeness (QED) is 0.640. The summed E-state index contributed by atoms with van der Waals surface area (Å²) in [6.45, 7) is 24.1. The fourth-order valence-electron chi connectivity index (χ4n) is 3.89. The van der Waals surface area contributed by atoms with Crippen LogP contribution in [0.3, 0.4) is 0 Å². The summed E-state index contributed by atoms with van der Waals surface area (Å²) in [7, 11) is 0. The van der Waals surface area contributed by atoms with E-state index >= 15 is 0 Å². The monoisotopic (exact) mass is 398 g/mol. The molecule has 29 heavy (non-hydrogen) atoms. The van der Waals surface area contributed by atoms with Crippen LogP contribution in [0.2, 0.25) is 0 Å². The van der Waals surface area contributed by atoms with Gasteiger partial charge in [0, 0.05) is 54.8 Å². The molecule has 2 aliphatic rings. The van der Waals surface area contributed by atoms with Gasteiger partial charge >= 0.3 is 0 Å². The second-order valence-electron chi connectivity index (χ2n) is 7.07. The maximum Gasteiger partial charge on any atom is 0.223 e. The van der Waals surface area contributed by atoms with Gasteiger partial charge in [-0.3, -0.25) is 14.8 Å². The average molecular weight is 399 g/mol. The number of nitrogens with zero attached hydrogens (tertiary/aromatic N) is 4. The smallest absolute Gasteiger partial charge is 0.223 e. The zero-order valence-electron chi connectivity index (χ0n) is 19.3. The summed E-state index contributed by atoms with van der Waals surface area (Å²) in [4.78, 5) is 25.5. The summed E-state index contributed by atoms with van der Waals surface area (Å²) in [5, 5.41) is 0. The zero-order valence-corrected chi connectivity index (χ0v) is 19.3. The van der Waals surface area contributed by atoms with Gasteiger partial charge in [0.05, 0.1) is 18.3 Å². The Morgan fingerprint density at radius 3 is 2.48 bits per heavy atom. The van der Waals surface area contributed by atoms with Crippen molar-refractivity contribution in [2.45, 2.75) is 67.5 Å². The molecule has 0 aromatic carbocycles. The number of aliphatic imine (C=N–C) groups is 1. The minimum absolute atomic E-state index is 0.112. The number of allylic oxidation sites excluding steroid dienone is 1. The van der Waals surface area contributed by atoms with Crippen molar-refractivity contribution in [3.63, 3.8) is 0 Å². The predicted molar refractivity (Wildman–Crippen MR) is 123 cm³/mol. The molecule has 3 heterocycles. The molecule has 3 rings (SSSR count). The third kappa shape index (κ3) is 5.78. The van der Waals surface area contributed by atoms with E-state index in [-0.39, 0.29) is 11.9 Å². The number of hydrogen-bond donors (Lipinski definition) is 0. The summed E-state index contributed by atoms with van der Waals surface area (Å²) < 4.78 is 0. The van der Waals surface area contributed by atoms with Crippen molar-refractivity contribution in [3.05, 3.63) is 53.6 Å². The summed E-state index contributed by atoms with van der Waals surface area (Å²) in [6.07, 6.45) is 3.79. The fourth-order valence-corrected chi connectivity index (χ4v) is 3.89. The predicted octanol–water partition coefficient (Wildman–Crippen LogP) is 5.20. The van der Waals surface area contributed by atoms with Crippen LogP contribution < -0.4 is 0 Å². The standard InChI is InChI=1S/C20H26N4O.2C2H6/c1-6-21-9-15(4)23-10-17(11-23)8-19(25)24-12-18-20(16(24)5)13(2)7-14(3)22-18;2*1-2/h6-7,9,16-17H,1,4,8,10-12H2,2-3,5H3;2*1-2H3. The van der Waals surface area contributed by atoms with E-state index in [0.29, 0.717) is 18.9 Å². The van der Waals surface area contributed by atoms with Gasteiger partial charge in [0.1, 0.15) is 0 Å². The first-order valence-electron chi connectivity index (χ1n) is 10.7. The van der Waals surface area contributed by atoms with Crippen molar-refractivity contribution in [1.29, 1.82) is 0 Å². The lowest BCUT2D eigenvalue weighted by Crippen LogP contribution is -2.48. The van der Waals surface area contributed by atoms with E-state index in [9.17, 15) is 4.79 Å². The lowest BCUT2D eigenvalue weighted by atomic mass is 9.95. The molecule has 1 atom stereocenters. The summed E-state index contributed by atoms with van der Waals surface area (Å²) >= 11 is 0. The Kier molecular flexibility index (Phi) is 9.79. The Balaban J connectivity index is 0.000000989. The molecular formula is C24H38N4O. The van der Waals surface area contributed by atoms with Crippen molar-refractivity contribution >= 4 is 12.1 Å². The number of amides is 1. The molecule has 5 nitrogen and oxygen atoms in total. The van der Waals surface area contributed by atoms with E-state index in [1.807, 2.05) is 39.5 Å². The van der Waals surface area contributed by atoms with Gasteiger partial charge in [0.25, 0.3) is 0 Å². The molecule has 1 saturated heterocycles. The van der Waals surface area contributed by atoms with Crippen LogP contribution in [0.15, 0.2) is 36.1 Å². The van der Waals surface area contributed by atoms with E-state index in [1.165, 1.54) is 17.3 Å². The van der Waals surface area contributed by atoms with Crippen LogP contribution in [-0.2, 0) is 11.3 Å². The average Bonchev–Trinajstić information content (AvgIpc) is 3.02. The number of likely N-dealkylation sites (tertiary alicyclic amines) is 1. The SMILES string of the molecule is C=CN=CC(=C)N1CC(CC(=O)N2Cc3nc(C)cc(C)c3C2C)C1.CC.CC. The topological polar surface area (TPSA) is 48.8 Å². The lowest BCUT2D eigenvalue weighted by Gasteiger charge is -2.41. The fraction of sp³-hybridized carbons (Fsp3) is 0.542. The van der Waals surface area contributed by atoms with Crippen LogP contribution in [0.5, 0.6) is 0 Å². The highest BCUT2D eigenvalue weighted by Gasteiger charge is 2.36. The highest BCUT2D eigenvalue weighted by atomic mass is 16.2. The number of hydrogen-bond acceptors (Lipinski definition) is 4. The second-order valence-corrected chi connectivity index (χ2v) is 7.07. The molecule has 2 aliphatic heterocycles. The van der Waals surface area contributed by atoms with Crippen LogP contribution >= 0.6 is 0 Å². The van der Waals surface area contributed by atoms with Gasteiger partial charge in [-0.1, -0.05) is 40.9 Å². The maximum atomic E-state index is 12.8. The number of aryl methyl sites for hydroxylation is 2. The molecule has 5 heteroatoms.